The summed E-state index contributed by atoms with van der Waals surface area (Å²) < 4.78 is 17.4. The maximum Gasteiger partial charge on any atom is 0.259 e. The van der Waals surface area contributed by atoms with Gasteiger partial charge in [0.05, 0.1) is 12.1 Å². The van der Waals surface area contributed by atoms with Gasteiger partial charge in [-0.25, -0.2) is 9.37 Å². The van der Waals surface area contributed by atoms with E-state index in [-0.39, 0.29) is 11.4 Å². The van der Waals surface area contributed by atoms with Gasteiger partial charge in [0.2, 0.25) is 5.78 Å². The van der Waals surface area contributed by atoms with Crippen molar-refractivity contribution in [3.63, 3.8) is 0 Å². The number of halogens is 1. The summed E-state index contributed by atoms with van der Waals surface area (Å²) in [5.74, 6) is 0.452. The van der Waals surface area contributed by atoms with Crippen molar-refractivity contribution in [1.82, 2.24) is 18.9 Å². The minimum atomic E-state index is -0.230. The van der Waals surface area contributed by atoms with Crippen LogP contribution < -0.4 is 5.56 Å². The molecule has 0 spiro atoms. The zero-order valence-corrected chi connectivity index (χ0v) is 17.6. The quantitative estimate of drug-likeness (QED) is 0.497. The van der Waals surface area contributed by atoms with E-state index >= 15 is 0 Å². The molecule has 4 aromatic rings. The maximum absolute atomic E-state index is 13.6. The standard InChI is InChI=1S/C25H25FN4O/c1-2-18-6-8-19(9-7-18)16-30-24(31)22-17-28(15-20-4-3-5-21(26)14-20)12-10-23(22)29-13-11-27-25(29)30/h3-9,11,13-14H,2,10,12,15-17H2,1H3. The van der Waals surface area contributed by atoms with Gasteiger partial charge in [-0.1, -0.05) is 43.3 Å². The van der Waals surface area contributed by atoms with Gasteiger partial charge in [0, 0.05) is 44.1 Å². The average molecular weight is 417 g/mol. The molecule has 0 saturated carbocycles. The van der Waals surface area contributed by atoms with Gasteiger partial charge >= 0.3 is 0 Å². The number of aryl methyl sites for hydroxylation is 1. The zero-order valence-electron chi connectivity index (χ0n) is 17.6. The summed E-state index contributed by atoms with van der Waals surface area (Å²) in [6.45, 7) is 4.61. The number of fused-ring (bicyclic) bond motifs is 3. The van der Waals surface area contributed by atoms with Crippen LogP contribution in [-0.2, 0) is 32.5 Å². The number of rotatable bonds is 5. The Morgan fingerprint density at radius 1 is 1.03 bits per heavy atom. The lowest BCUT2D eigenvalue weighted by atomic mass is 10.1. The third kappa shape index (κ3) is 3.79. The van der Waals surface area contributed by atoms with Crippen molar-refractivity contribution in [3.05, 3.63) is 105 Å². The van der Waals surface area contributed by atoms with Crippen LogP contribution in [0.3, 0.4) is 0 Å². The molecule has 0 radical (unpaired) electrons. The molecule has 6 heteroatoms. The normalized spacial score (nSPS) is 14.1. The lowest BCUT2D eigenvalue weighted by molar-refractivity contribution is 0.240. The molecule has 0 aliphatic carbocycles. The first kappa shape index (κ1) is 19.7. The van der Waals surface area contributed by atoms with Gasteiger partial charge < -0.3 is 0 Å². The Labute approximate surface area is 180 Å². The molecule has 31 heavy (non-hydrogen) atoms. The van der Waals surface area contributed by atoms with Gasteiger partial charge in [0.15, 0.2) is 0 Å². The second kappa shape index (κ2) is 8.12. The fourth-order valence-electron chi connectivity index (χ4n) is 4.46. The Morgan fingerprint density at radius 3 is 2.61 bits per heavy atom. The number of benzene rings is 2. The highest BCUT2D eigenvalue weighted by atomic mass is 19.1. The minimum Gasteiger partial charge on any atom is -0.294 e. The lowest BCUT2D eigenvalue weighted by Crippen LogP contribution is -2.38. The second-order valence-electron chi connectivity index (χ2n) is 8.17. The summed E-state index contributed by atoms with van der Waals surface area (Å²) in [7, 11) is 0. The highest BCUT2D eigenvalue weighted by Crippen LogP contribution is 2.20. The molecule has 5 rings (SSSR count). The molecule has 1 aliphatic heterocycles. The van der Waals surface area contributed by atoms with Gasteiger partial charge in [-0.05, 0) is 35.2 Å². The summed E-state index contributed by atoms with van der Waals surface area (Å²) in [5.41, 5.74) is 5.13. The molecule has 0 unspecified atom stereocenters. The van der Waals surface area contributed by atoms with Crippen molar-refractivity contribution < 1.29 is 4.39 Å². The van der Waals surface area contributed by atoms with E-state index in [9.17, 15) is 9.18 Å². The molecule has 158 valence electrons. The van der Waals surface area contributed by atoms with E-state index in [1.54, 1.807) is 22.9 Å². The largest absolute Gasteiger partial charge is 0.294 e. The molecule has 0 fully saturated rings. The number of aromatic nitrogens is 3. The molecular formula is C25H25FN4O. The van der Waals surface area contributed by atoms with Crippen LogP contribution in [0.4, 0.5) is 4.39 Å². The van der Waals surface area contributed by atoms with Crippen molar-refractivity contribution in [2.24, 2.45) is 0 Å². The van der Waals surface area contributed by atoms with Crippen LogP contribution in [0.25, 0.3) is 5.78 Å². The smallest absolute Gasteiger partial charge is 0.259 e. The molecular weight excluding hydrogens is 391 g/mol. The molecule has 3 heterocycles. The van der Waals surface area contributed by atoms with Crippen LogP contribution in [0, 0.1) is 5.82 Å². The molecule has 0 N–H and O–H groups in total. The predicted molar refractivity (Wildman–Crippen MR) is 119 cm³/mol. The third-order valence-electron chi connectivity index (χ3n) is 6.12. The van der Waals surface area contributed by atoms with Crippen molar-refractivity contribution in [2.75, 3.05) is 6.54 Å². The fourth-order valence-corrected chi connectivity index (χ4v) is 4.46. The Morgan fingerprint density at radius 2 is 1.84 bits per heavy atom. The first-order valence-electron chi connectivity index (χ1n) is 10.7. The van der Waals surface area contributed by atoms with E-state index < -0.39 is 0 Å². The Balaban J connectivity index is 1.50. The van der Waals surface area contributed by atoms with Crippen molar-refractivity contribution >= 4 is 5.78 Å². The monoisotopic (exact) mass is 416 g/mol. The fraction of sp³-hybridized carbons (Fsp3) is 0.280. The van der Waals surface area contributed by atoms with Crippen LogP contribution in [0.2, 0.25) is 0 Å². The van der Waals surface area contributed by atoms with Crippen LogP contribution in [0.15, 0.2) is 65.7 Å². The van der Waals surface area contributed by atoms with Crippen molar-refractivity contribution in [2.45, 2.75) is 39.4 Å². The molecule has 2 aromatic heterocycles. The van der Waals surface area contributed by atoms with E-state index in [4.69, 9.17) is 0 Å². The molecule has 0 amide bonds. The second-order valence-corrected chi connectivity index (χ2v) is 8.17. The minimum absolute atomic E-state index is 0.0113. The Hall–Kier alpha value is -3.25. The topological polar surface area (TPSA) is 42.5 Å². The molecule has 0 atom stereocenters. The summed E-state index contributed by atoms with van der Waals surface area (Å²) in [6, 6.07) is 15.1. The zero-order chi connectivity index (χ0) is 21.4. The van der Waals surface area contributed by atoms with Gasteiger partial charge in [0.1, 0.15) is 5.82 Å². The van der Waals surface area contributed by atoms with Crippen LogP contribution in [0.5, 0.6) is 0 Å². The van der Waals surface area contributed by atoms with E-state index in [0.717, 1.165) is 41.8 Å². The molecule has 1 aliphatic rings. The molecule has 2 aromatic carbocycles. The number of hydrogen-bond acceptors (Lipinski definition) is 3. The highest BCUT2D eigenvalue weighted by molar-refractivity contribution is 5.39. The summed E-state index contributed by atoms with van der Waals surface area (Å²) in [6.07, 6.45) is 5.45. The number of imidazole rings is 1. The van der Waals surface area contributed by atoms with Gasteiger partial charge in [-0.2, -0.15) is 0 Å². The van der Waals surface area contributed by atoms with Crippen molar-refractivity contribution in [3.8, 4) is 0 Å². The van der Waals surface area contributed by atoms with Crippen LogP contribution in [0.1, 0.15) is 34.9 Å². The number of hydrogen-bond donors (Lipinski definition) is 0. The molecule has 0 bridgehead atoms. The summed E-state index contributed by atoms with van der Waals surface area (Å²) in [5, 5.41) is 0. The van der Waals surface area contributed by atoms with Gasteiger partial charge in [0.25, 0.3) is 5.56 Å². The maximum atomic E-state index is 13.6. The average Bonchev–Trinajstić information content (AvgIpc) is 3.27. The Kier molecular flexibility index (Phi) is 5.16. The molecule has 5 nitrogen and oxygen atoms in total. The Bertz CT molecular complexity index is 1290. The molecule has 0 saturated heterocycles. The summed E-state index contributed by atoms with van der Waals surface area (Å²) >= 11 is 0. The van der Waals surface area contributed by atoms with Crippen molar-refractivity contribution in [1.29, 1.82) is 0 Å². The SMILES string of the molecule is CCc1ccc(Cn2c(=O)c3c(n4ccnc24)CCN(Cc2cccc(F)c2)C3)cc1. The third-order valence-corrected chi connectivity index (χ3v) is 6.12. The van der Waals surface area contributed by atoms with E-state index in [1.807, 2.05) is 12.3 Å². The first-order chi connectivity index (χ1) is 15.1. The summed E-state index contributed by atoms with van der Waals surface area (Å²) in [4.78, 5) is 20.2. The van der Waals surface area contributed by atoms with E-state index in [2.05, 4.69) is 45.5 Å². The first-order valence-corrected chi connectivity index (χ1v) is 10.7. The van der Waals surface area contributed by atoms with Gasteiger partial charge in [-0.3, -0.25) is 18.7 Å². The number of nitrogens with zero attached hydrogens (tertiary/aromatic N) is 4. The van der Waals surface area contributed by atoms with Gasteiger partial charge in [-0.15, -0.1) is 0 Å². The predicted octanol–water partition coefficient (Wildman–Crippen LogP) is 3.80. The van der Waals surface area contributed by atoms with Crippen LogP contribution in [-0.4, -0.2) is 25.4 Å². The highest BCUT2D eigenvalue weighted by Gasteiger charge is 2.24. The van der Waals surface area contributed by atoms with E-state index in [0.29, 0.717) is 25.4 Å². The lowest BCUT2D eigenvalue weighted by Gasteiger charge is -2.29. The van der Waals surface area contributed by atoms with Crippen LogP contribution >= 0.6 is 0 Å². The van der Waals surface area contributed by atoms with E-state index in [1.165, 1.54) is 11.6 Å².